The molecule has 0 spiro atoms. The largest absolute Gasteiger partial charge is 0.269 e. The molecule has 0 radical (unpaired) electrons. The lowest BCUT2D eigenvalue weighted by Crippen LogP contribution is -2.47. The first-order chi connectivity index (χ1) is 6.35. The molecule has 3 N–H and O–H groups in total. The first kappa shape index (κ1) is 20.5. The van der Waals surface area contributed by atoms with Crippen LogP contribution in [0.5, 0.6) is 0 Å². The van der Waals surface area contributed by atoms with Gasteiger partial charge in [0.1, 0.15) is 0 Å². The van der Waals surface area contributed by atoms with E-state index in [9.17, 15) is 0 Å². The highest BCUT2D eigenvalue weighted by Gasteiger charge is 2.15. The minimum Gasteiger partial charge on any atom is -0.269 e. The van der Waals surface area contributed by atoms with Crippen molar-refractivity contribution in [2.24, 2.45) is 0 Å². The molecule has 0 aliphatic rings. The van der Waals surface area contributed by atoms with Gasteiger partial charge in [0.2, 0.25) is 0 Å². The van der Waals surface area contributed by atoms with Gasteiger partial charge in [0.25, 0.3) is 11.5 Å². The Labute approximate surface area is 95.3 Å². The van der Waals surface area contributed by atoms with Crippen molar-refractivity contribution >= 4 is 11.5 Å². The molecule has 3 nitrogen and oxygen atoms in total. The standard InChI is InChI=1S/C9H24N3S.2FH/c1-4-7-10-13(11-8-5-2)12-9-6-3;;/h10-12H,4-9H2,1-3H3;2*1H/q+1;;. The van der Waals surface area contributed by atoms with Gasteiger partial charge in [-0.1, -0.05) is 20.8 Å². The Morgan fingerprint density at radius 1 is 0.667 bits per heavy atom. The van der Waals surface area contributed by atoms with Crippen LogP contribution < -0.4 is 14.2 Å². The van der Waals surface area contributed by atoms with Crippen molar-refractivity contribution in [1.82, 2.24) is 14.2 Å². The summed E-state index contributed by atoms with van der Waals surface area (Å²) in [6.45, 7) is 9.81. The normalized spacial score (nSPS) is 9.60. The number of hydrogen-bond acceptors (Lipinski definition) is 3. The Bertz CT molecular complexity index is 90.3. The molecule has 0 amide bonds. The molecule has 0 saturated carbocycles. The predicted molar refractivity (Wildman–Crippen MR) is 67.3 cm³/mol. The van der Waals surface area contributed by atoms with Gasteiger partial charge in [-0.25, -0.2) is 0 Å². The van der Waals surface area contributed by atoms with Crippen molar-refractivity contribution in [3.63, 3.8) is 0 Å². The predicted octanol–water partition coefficient (Wildman–Crippen LogP) is 1.65. The molecule has 0 fully saturated rings. The van der Waals surface area contributed by atoms with Crippen molar-refractivity contribution in [2.45, 2.75) is 40.0 Å². The van der Waals surface area contributed by atoms with Crippen molar-refractivity contribution in [3.8, 4) is 0 Å². The van der Waals surface area contributed by atoms with Crippen LogP contribution in [0, 0.1) is 0 Å². The summed E-state index contributed by atoms with van der Waals surface area (Å²) >= 11 is 0.0259. The SMILES string of the molecule is CCCN[S+](NCCC)NCCC.F.F. The van der Waals surface area contributed by atoms with E-state index in [4.69, 9.17) is 0 Å². The molecule has 6 heteroatoms. The van der Waals surface area contributed by atoms with Crippen molar-refractivity contribution < 1.29 is 9.41 Å². The second-order valence-corrected chi connectivity index (χ2v) is 4.47. The van der Waals surface area contributed by atoms with Gasteiger partial charge >= 0.3 is 0 Å². The van der Waals surface area contributed by atoms with E-state index < -0.39 is 0 Å². The maximum atomic E-state index is 3.44. The Morgan fingerprint density at radius 2 is 0.933 bits per heavy atom. The summed E-state index contributed by atoms with van der Waals surface area (Å²) in [6.07, 6.45) is 3.56. The lowest BCUT2D eigenvalue weighted by molar-refractivity contribution is 0.790. The summed E-state index contributed by atoms with van der Waals surface area (Å²) in [5, 5.41) is 0. The van der Waals surface area contributed by atoms with Crippen LogP contribution in [0.15, 0.2) is 0 Å². The Hall–Kier alpha value is 0.0900. The highest BCUT2D eigenvalue weighted by molar-refractivity contribution is 7.91. The molecular weight excluding hydrogens is 220 g/mol. The zero-order valence-electron chi connectivity index (χ0n) is 9.97. The minimum absolute atomic E-state index is 0. The first-order valence-electron chi connectivity index (χ1n) is 5.29. The molecular formula is C9H26F2N3S+. The van der Waals surface area contributed by atoms with E-state index in [1.165, 1.54) is 19.3 Å². The molecule has 0 unspecified atom stereocenters. The highest BCUT2D eigenvalue weighted by Crippen LogP contribution is 1.84. The van der Waals surface area contributed by atoms with E-state index in [-0.39, 0.29) is 20.9 Å². The Kier molecular flexibility index (Phi) is 22.6. The van der Waals surface area contributed by atoms with Gasteiger partial charge < -0.3 is 0 Å². The molecule has 0 atom stereocenters. The average molecular weight is 246 g/mol. The first-order valence-corrected chi connectivity index (χ1v) is 6.52. The quantitative estimate of drug-likeness (QED) is 0.541. The fraction of sp³-hybridized carbons (Fsp3) is 1.00. The van der Waals surface area contributed by atoms with Crippen LogP contribution in [0.4, 0.5) is 9.41 Å². The van der Waals surface area contributed by atoms with Gasteiger partial charge in [0, 0.05) is 19.6 Å². The van der Waals surface area contributed by atoms with E-state index in [1.54, 1.807) is 0 Å². The molecule has 0 aliphatic heterocycles. The van der Waals surface area contributed by atoms with E-state index in [0.717, 1.165) is 19.6 Å². The van der Waals surface area contributed by atoms with Crippen LogP contribution in [-0.4, -0.2) is 19.6 Å². The number of rotatable bonds is 9. The van der Waals surface area contributed by atoms with Gasteiger partial charge in [-0.2, -0.15) is 0 Å². The fourth-order valence-electron chi connectivity index (χ4n) is 0.765. The van der Waals surface area contributed by atoms with Crippen LogP contribution >= 0.6 is 0 Å². The van der Waals surface area contributed by atoms with Gasteiger partial charge in [0.15, 0.2) is 0 Å². The second-order valence-electron chi connectivity index (χ2n) is 2.99. The molecule has 0 aliphatic carbocycles. The molecule has 0 heterocycles. The van der Waals surface area contributed by atoms with Gasteiger partial charge in [-0.05, 0) is 19.3 Å². The second kappa shape index (κ2) is 16.5. The van der Waals surface area contributed by atoms with Crippen molar-refractivity contribution in [1.29, 1.82) is 0 Å². The lowest BCUT2D eigenvalue weighted by Gasteiger charge is -2.07. The molecule has 0 rings (SSSR count). The number of halogens is 2. The van der Waals surface area contributed by atoms with Crippen LogP contribution in [0.2, 0.25) is 0 Å². The number of nitrogens with one attached hydrogen (secondary N) is 3. The summed E-state index contributed by atoms with van der Waals surface area (Å²) in [5.74, 6) is 0. The Balaban J connectivity index is -0.000000720. The lowest BCUT2D eigenvalue weighted by atomic mass is 10.5. The smallest absolute Gasteiger partial charge is 0.259 e. The van der Waals surface area contributed by atoms with E-state index in [0.29, 0.717) is 0 Å². The maximum absolute atomic E-state index is 3.44. The van der Waals surface area contributed by atoms with E-state index in [2.05, 4.69) is 34.9 Å². The molecule has 0 aromatic carbocycles. The van der Waals surface area contributed by atoms with Crippen LogP contribution in [0.25, 0.3) is 0 Å². The third-order valence-electron chi connectivity index (χ3n) is 1.49. The molecule has 0 saturated heterocycles. The highest BCUT2D eigenvalue weighted by atomic mass is 32.2. The van der Waals surface area contributed by atoms with Crippen molar-refractivity contribution in [2.75, 3.05) is 19.6 Å². The molecule has 15 heavy (non-hydrogen) atoms. The minimum atomic E-state index is 0. The third kappa shape index (κ3) is 14.1. The molecule has 96 valence electrons. The maximum Gasteiger partial charge on any atom is 0.259 e. The summed E-state index contributed by atoms with van der Waals surface area (Å²) < 4.78 is 10.3. The topological polar surface area (TPSA) is 36.1 Å². The van der Waals surface area contributed by atoms with Gasteiger partial charge in [0.05, 0.1) is 0 Å². The van der Waals surface area contributed by atoms with E-state index in [1.807, 2.05) is 0 Å². The molecule has 0 bridgehead atoms. The average Bonchev–Trinajstić information content (AvgIpc) is 2.17. The van der Waals surface area contributed by atoms with Gasteiger partial charge in [-0.3, -0.25) is 9.41 Å². The molecule has 0 aromatic rings. The summed E-state index contributed by atoms with van der Waals surface area (Å²) in [7, 11) is 0. The summed E-state index contributed by atoms with van der Waals surface area (Å²) in [6, 6.07) is 0. The zero-order valence-corrected chi connectivity index (χ0v) is 10.8. The van der Waals surface area contributed by atoms with E-state index >= 15 is 0 Å². The number of hydrogen-bond donors (Lipinski definition) is 3. The Morgan fingerprint density at radius 3 is 1.13 bits per heavy atom. The van der Waals surface area contributed by atoms with Crippen molar-refractivity contribution in [3.05, 3.63) is 0 Å². The third-order valence-corrected chi connectivity index (χ3v) is 2.97. The fourth-order valence-corrected chi connectivity index (χ4v) is 2.30. The molecule has 0 aromatic heterocycles. The van der Waals surface area contributed by atoms with Gasteiger partial charge in [-0.15, -0.1) is 14.2 Å². The van der Waals surface area contributed by atoms with Crippen LogP contribution in [-0.2, 0) is 11.5 Å². The van der Waals surface area contributed by atoms with Crippen LogP contribution in [0.1, 0.15) is 40.0 Å². The summed E-state index contributed by atoms with van der Waals surface area (Å²) in [4.78, 5) is 0. The zero-order chi connectivity index (χ0) is 9.94. The summed E-state index contributed by atoms with van der Waals surface area (Å²) in [5.41, 5.74) is 0. The van der Waals surface area contributed by atoms with Crippen LogP contribution in [0.3, 0.4) is 0 Å². The monoisotopic (exact) mass is 246 g/mol.